The van der Waals surface area contributed by atoms with E-state index in [4.69, 9.17) is 9.84 Å². The number of alkyl halides is 3. The van der Waals surface area contributed by atoms with E-state index in [2.05, 4.69) is 9.97 Å². The van der Waals surface area contributed by atoms with Gasteiger partial charge in [-0.3, -0.25) is 0 Å². The second kappa shape index (κ2) is 5.39. The molecule has 1 N–H and O–H groups in total. The lowest BCUT2D eigenvalue weighted by molar-refractivity contribution is -0.137. The quantitative estimate of drug-likeness (QED) is 0.941. The monoisotopic (exact) mass is 298 g/mol. The van der Waals surface area contributed by atoms with Crippen LogP contribution in [-0.4, -0.2) is 21.0 Å². The van der Waals surface area contributed by atoms with E-state index in [1.54, 1.807) is 0 Å². The number of halogens is 3. The van der Waals surface area contributed by atoms with Gasteiger partial charge in [0.25, 0.3) is 0 Å². The van der Waals surface area contributed by atoms with Crippen LogP contribution in [0.15, 0.2) is 30.5 Å². The van der Waals surface area contributed by atoms with Crippen molar-refractivity contribution >= 4 is 5.97 Å². The summed E-state index contributed by atoms with van der Waals surface area (Å²) in [6.07, 6.45) is -3.45. The molecule has 5 nitrogen and oxygen atoms in total. The van der Waals surface area contributed by atoms with Crippen molar-refractivity contribution in [1.29, 1.82) is 0 Å². The summed E-state index contributed by atoms with van der Waals surface area (Å²) in [6, 6.07) is 4.00. The average molecular weight is 298 g/mol. The Balaban J connectivity index is 2.27. The van der Waals surface area contributed by atoms with Gasteiger partial charge in [0.1, 0.15) is 5.75 Å². The van der Waals surface area contributed by atoms with Gasteiger partial charge >= 0.3 is 18.2 Å². The Morgan fingerprint density at radius 2 is 2.05 bits per heavy atom. The number of rotatable bonds is 3. The molecule has 1 heterocycles. The lowest BCUT2D eigenvalue weighted by Crippen LogP contribution is -2.06. The number of hydrogen-bond donors (Lipinski definition) is 1. The first-order valence-electron chi connectivity index (χ1n) is 5.69. The van der Waals surface area contributed by atoms with Crippen molar-refractivity contribution in [2.75, 3.05) is 0 Å². The molecule has 0 atom stereocenters. The van der Waals surface area contributed by atoms with Gasteiger partial charge in [0.05, 0.1) is 16.8 Å². The van der Waals surface area contributed by atoms with Crippen LogP contribution in [0.1, 0.15) is 21.6 Å². The zero-order valence-corrected chi connectivity index (χ0v) is 10.7. The number of nitrogens with zero attached hydrogens (tertiary/aromatic N) is 2. The van der Waals surface area contributed by atoms with Crippen molar-refractivity contribution in [2.24, 2.45) is 0 Å². The number of hydrogen-bond acceptors (Lipinski definition) is 4. The van der Waals surface area contributed by atoms with Gasteiger partial charge in [-0.05, 0) is 25.1 Å². The van der Waals surface area contributed by atoms with Gasteiger partial charge in [0.15, 0.2) is 0 Å². The Hall–Kier alpha value is -2.64. The van der Waals surface area contributed by atoms with Crippen LogP contribution in [0.4, 0.5) is 13.2 Å². The zero-order valence-electron chi connectivity index (χ0n) is 10.7. The second-order valence-electron chi connectivity index (χ2n) is 4.08. The van der Waals surface area contributed by atoms with Crippen molar-refractivity contribution in [3.63, 3.8) is 0 Å². The molecule has 110 valence electrons. The molecule has 8 heteroatoms. The highest BCUT2D eigenvalue weighted by Gasteiger charge is 2.30. The SMILES string of the molecule is Cc1nc(Oc2cccc(C(F)(F)F)c2)ncc1C(=O)O. The van der Waals surface area contributed by atoms with Gasteiger partial charge < -0.3 is 9.84 Å². The van der Waals surface area contributed by atoms with Crippen LogP contribution in [0.2, 0.25) is 0 Å². The standard InChI is InChI=1S/C13H9F3N2O3/c1-7-10(11(19)20)6-17-12(18-7)21-9-4-2-3-8(5-9)13(14,15)16/h2-6H,1H3,(H,19,20). The predicted molar refractivity (Wildman–Crippen MR) is 65.2 cm³/mol. The Labute approximate surface area is 117 Å². The van der Waals surface area contributed by atoms with Crippen LogP contribution in [0.5, 0.6) is 11.8 Å². The Bertz CT molecular complexity index is 687. The number of benzene rings is 1. The third-order valence-corrected chi connectivity index (χ3v) is 2.56. The van der Waals surface area contributed by atoms with Gasteiger partial charge in [-0.2, -0.15) is 18.2 Å². The van der Waals surface area contributed by atoms with Gasteiger partial charge in [-0.1, -0.05) is 6.07 Å². The summed E-state index contributed by atoms with van der Waals surface area (Å²) in [5.74, 6) is -1.29. The van der Waals surface area contributed by atoms with Crippen molar-refractivity contribution in [3.05, 3.63) is 47.3 Å². The maximum Gasteiger partial charge on any atom is 0.416 e. The second-order valence-corrected chi connectivity index (χ2v) is 4.08. The topological polar surface area (TPSA) is 72.3 Å². The van der Waals surface area contributed by atoms with Crippen molar-refractivity contribution in [3.8, 4) is 11.8 Å². The van der Waals surface area contributed by atoms with Crippen LogP contribution < -0.4 is 4.74 Å². The summed E-state index contributed by atoms with van der Waals surface area (Å²) in [7, 11) is 0. The zero-order chi connectivity index (χ0) is 15.6. The Kier molecular flexibility index (Phi) is 3.79. The molecule has 2 rings (SSSR count). The largest absolute Gasteiger partial charge is 0.478 e. The molecule has 0 radical (unpaired) electrons. The molecule has 0 aliphatic rings. The Morgan fingerprint density at radius 3 is 2.62 bits per heavy atom. The summed E-state index contributed by atoms with van der Waals surface area (Å²) < 4.78 is 42.8. The van der Waals surface area contributed by atoms with E-state index < -0.39 is 17.7 Å². The summed E-state index contributed by atoms with van der Waals surface area (Å²) in [5.41, 5.74) is -0.815. The molecule has 0 fully saturated rings. The molecule has 21 heavy (non-hydrogen) atoms. The highest BCUT2D eigenvalue weighted by Crippen LogP contribution is 2.32. The van der Waals surface area contributed by atoms with Gasteiger partial charge in [-0.25, -0.2) is 9.78 Å². The highest BCUT2D eigenvalue weighted by molar-refractivity contribution is 5.88. The van der Waals surface area contributed by atoms with E-state index in [-0.39, 0.29) is 23.0 Å². The molecule has 0 bridgehead atoms. The lowest BCUT2D eigenvalue weighted by Gasteiger charge is -2.09. The maximum absolute atomic E-state index is 12.6. The van der Waals surface area contributed by atoms with E-state index in [1.165, 1.54) is 19.1 Å². The van der Waals surface area contributed by atoms with E-state index >= 15 is 0 Å². The maximum atomic E-state index is 12.6. The predicted octanol–water partition coefficient (Wildman–Crippen LogP) is 3.29. The fourth-order valence-corrected chi connectivity index (χ4v) is 1.55. The average Bonchev–Trinajstić information content (AvgIpc) is 2.37. The summed E-state index contributed by atoms with van der Waals surface area (Å²) in [5, 5.41) is 8.83. The van der Waals surface area contributed by atoms with Crippen LogP contribution in [0, 0.1) is 6.92 Å². The summed E-state index contributed by atoms with van der Waals surface area (Å²) in [6.45, 7) is 1.43. The van der Waals surface area contributed by atoms with Gasteiger partial charge in [0.2, 0.25) is 0 Å². The van der Waals surface area contributed by atoms with E-state index in [0.717, 1.165) is 18.3 Å². The molecule has 0 amide bonds. The van der Waals surface area contributed by atoms with Gasteiger partial charge in [0, 0.05) is 6.20 Å². The summed E-state index contributed by atoms with van der Waals surface area (Å²) in [4.78, 5) is 18.2. The molecule has 0 unspecified atom stereocenters. The molecular weight excluding hydrogens is 289 g/mol. The molecule has 0 aliphatic heterocycles. The van der Waals surface area contributed by atoms with E-state index in [9.17, 15) is 18.0 Å². The minimum absolute atomic E-state index is 0.0905. The minimum atomic E-state index is -4.48. The first-order valence-corrected chi connectivity index (χ1v) is 5.69. The van der Waals surface area contributed by atoms with Crippen molar-refractivity contribution in [1.82, 2.24) is 9.97 Å². The van der Waals surface area contributed by atoms with Gasteiger partial charge in [-0.15, -0.1) is 0 Å². The third-order valence-electron chi connectivity index (χ3n) is 2.56. The van der Waals surface area contributed by atoms with Crippen LogP contribution in [0.3, 0.4) is 0 Å². The number of aromatic nitrogens is 2. The highest BCUT2D eigenvalue weighted by atomic mass is 19.4. The lowest BCUT2D eigenvalue weighted by atomic mass is 10.2. The van der Waals surface area contributed by atoms with Crippen molar-refractivity contribution < 1.29 is 27.8 Å². The number of carbonyl (C=O) groups is 1. The Morgan fingerprint density at radius 1 is 1.33 bits per heavy atom. The molecule has 2 aromatic rings. The third kappa shape index (κ3) is 3.47. The molecular formula is C13H9F3N2O3. The smallest absolute Gasteiger partial charge is 0.416 e. The molecule has 0 spiro atoms. The number of ether oxygens (including phenoxy) is 1. The fraction of sp³-hybridized carbons (Fsp3) is 0.154. The summed E-state index contributed by atoms with van der Waals surface area (Å²) >= 11 is 0. The number of aromatic carboxylic acids is 1. The first-order chi connectivity index (χ1) is 9.77. The normalized spacial score (nSPS) is 11.2. The minimum Gasteiger partial charge on any atom is -0.478 e. The van der Waals surface area contributed by atoms with Crippen molar-refractivity contribution in [2.45, 2.75) is 13.1 Å². The number of carboxylic acids is 1. The molecule has 0 saturated carbocycles. The number of carboxylic acid groups (broad SMARTS) is 1. The molecule has 1 aromatic heterocycles. The van der Waals surface area contributed by atoms with E-state index in [0.29, 0.717) is 0 Å². The van der Waals surface area contributed by atoms with Crippen LogP contribution >= 0.6 is 0 Å². The van der Waals surface area contributed by atoms with E-state index in [1.807, 2.05) is 0 Å². The number of aryl methyl sites for hydroxylation is 1. The van der Waals surface area contributed by atoms with Crippen LogP contribution in [-0.2, 0) is 6.18 Å². The molecule has 0 aliphatic carbocycles. The fourth-order valence-electron chi connectivity index (χ4n) is 1.55. The molecule has 1 aromatic carbocycles. The first kappa shape index (κ1) is 14.8. The molecule has 0 saturated heterocycles. The van der Waals surface area contributed by atoms with Crippen LogP contribution in [0.25, 0.3) is 0 Å².